The number of sulfonamides is 1. The highest BCUT2D eigenvalue weighted by molar-refractivity contribution is 7.92. The van der Waals surface area contributed by atoms with Crippen molar-refractivity contribution in [3.05, 3.63) is 120 Å². The van der Waals surface area contributed by atoms with Crippen molar-refractivity contribution >= 4 is 27.5 Å². The number of hydrogen-bond acceptors (Lipinski definition) is 6. The quantitative estimate of drug-likeness (QED) is 0.180. The first-order chi connectivity index (χ1) is 22.6. The molecular formula is C36H40FN3O6S. The molecule has 0 aliphatic rings. The summed E-state index contributed by atoms with van der Waals surface area (Å²) in [5.74, 6) is -0.948. The van der Waals surface area contributed by atoms with Gasteiger partial charge in [-0.15, -0.1) is 0 Å². The average molecular weight is 662 g/mol. The summed E-state index contributed by atoms with van der Waals surface area (Å²) in [7, 11) is -1.51. The zero-order valence-electron chi connectivity index (χ0n) is 27.0. The summed E-state index contributed by atoms with van der Waals surface area (Å²) >= 11 is 0. The van der Waals surface area contributed by atoms with Crippen LogP contribution in [0, 0.1) is 12.7 Å². The Balaban J connectivity index is 1.85. The lowest BCUT2D eigenvalue weighted by atomic mass is 10.0. The van der Waals surface area contributed by atoms with Gasteiger partial charge in [-0.25, -0.2) is 12.8 Å². The predicted molar refractivity (Wildman–Crippen MR) is 179 cm³/mol. The van der Waals surface area contributed by atoms with Crippen LogP contribution in [0.25, 0.3) is 0 Å². The number of halogens is 1. The van der Waals surface area contributed by atoms with Gasteiger partial charge in [-0.1, -0.05) is 67.1 Å². The van der Waals surface area contributed by atoms with Gasteiger partial charge in [0, 0.05) is 25.6 Å². The van der Waals surface area contributed by atoms with Gasteiger partial charge in [0.1, 0.15) is 29.9 Å². The first-order valence-corrected chi connectivity index (χ1v) is 16.7. The van der Waals surface area contributed by atoms with Crippen LogP contribution in [0.4, 0.5) is 10.1 Å². The van der Waals surface area contributed by atoms with Gasteiger partial charge >= 0.3 is 0 Å². The van der Waals surface area contributed by atoms with Crippen LogP contribution in [0.15, 0.2) is 102 Å². The highest BCUT2D eigenvalue weighted by Crippen LogP contribution is 2.36. The van der Waals surface area contributed by atoms with Gasteiger partial charge in [0.15, 0.2) is 0 Å². The average Bonchev–Trinajstić information content (AvgIpc) is 3.08. The Morgan fingerprint density at radius 2 is 1.55 bits per heavy atom. The third-order valence-electron chi connectivity index (χ3n) is 7.63. The lowest BCUT2D eigenvalue weighted by Crippen LogP contribution is -2.53. The van der Waals surface area contributed by atoms with E-state index in [0.29, 0.717) is 24.3 Å². The van der Waals surface area contributed by atoms with E-state index in [1.807, 2.05) is 44.2 Å². The lowest BCUT2D eigenvalue weighted by Gasteiger charge is -2.34. The molecular weight excluding hydrogens is 621 g/mol. The Labute approximate surface area is 276 Å². The van der Waals surface area contributed by atoms with Crippen LogP contribution in [0.3, 0.4) is 0 Å². The number of aryl methyl sites for hydroxylation is 1. The van der Waals surface area contributed by atoms with Gasteiger partial charge in [-0.3, -0.25) is 13.9 Å². The number of nitrogens with zero attached hydrogens (tertiary/aromatic N) is 2. The summed E-state index contributed by atoms with van der Waals surface area (Å²) < 4.78 is 54.5. The maximum atomic E-state index is 14.6. The maximum Gasteiger partial charge on any atom is 0.264 e. The summed E-state index contributed by atoms with van der Waals surface area (Å²) in [4.78, 5) is 29.7. The number of carbonyl (C=O) groups excluding carboxylic acids is 2. The third-order valence-corrected chi connectivity index (χ3v) is 9.40. The molecule has 47 heavy (non-hydrogen) atoms. The molecule has 0 saturated carbocycles. The van der Waals surface area contributed by atoms with Crippen molar-refractivity contribution < 1.29 is 31.9 Å². The van der Waals surface area contributed by atoms with E-state index in [4.69, 9.17) is 9.47 Å². The smallest absolute Gasteiger partial charge is 0.264 e. The number of amides is 2. The second kappa shape index (κ2) is 16.1. The van der Waals surface area contributed by atoms with Gasteiger partial charge in [0.2, 0.25) is 11.8 Å². The van der Waals surface area contributed by atoms with E-state index < -0.39 is 40.2 Å². The second-order valence-corrected chi connectivity index (χ2v) is 12.9. The fourth-order valence-electron chi connectivity index (χ4n) is 5.05. The van der Waals surface area contributed by atoms with E-state index >= 15 is 0 Å². The minimum Gasteiger partial charge on any atom is -0.497 e. The van der Waals surface area contributed by atoms with E-state index in [-0.39, 0.29) is 29.3 Å². The van der Waals surface area contributed by atoms with Crippen molar-refractivity contribution in [1.29, 1.82) is 0 Å². The monoisotopic (exact) mass is 661 g/mol. The summed E-state index contributed by atoms with van der Waals surface area (Å²) in [6.07, 6.45) is 0.838. The van der Waals surface area contributed by atoms with Crippen molar-refractivity contribution in [2.24, 2.45) is 0 Å². The Kier molecular flexibility index (Phi) is 12.0. The van der Waals surface area contributed by atoms with Gasteiger partial charge in [-0.2, -0.15) is 0 Å². The van der Waals surface area contributed by atoms with E-state index in [1.54, 1.807) is 24.3 Å². The molecule has 0 aromatic heterocycles. The zero-order valence-corrected chi connectivity index (χ0v) is 27.8. The number of benzene rings is 4. The minimum atomic E-state index is -4.35. The number of ether oxygens (including phenoxy) is 2. The van der Waals surface area contributed by atoms with E-state index in [0.717, 1.165) is 15.4 Å². The van der Waals surface area contributed by atoms with E-state index in [1.165, 1.54) is 61.6 Å². The van der Waals surface area contributed by atoms with Gasteiger partial charge in [0.05, 0.1) is 24.8 Å². The molecule has 0 aliphatic carbocycles. The fraction of sp³-hybridized carbons (Fsp3) is 0.278. The first-order valence-electron chi connectivity index (χ1n) is 15.2. The molecule has 9 nitrogen and oxygen atoms in total. The summed E-state index contributed by atoms with van der Waals surface area (Å²) in [5, 5.41) is 2.90. The number of hydrogen-bond donors (Lipinski definition) is 1. The number of carbonyl (C=O) groups is 2. The normalized spacial score (nSPS) is 11.8. The molecule has 248 valence electrons. The van der Waals surface area contributed by atoms with Crippen LogP contribution in [0.2, 0.25) is 0 Å². The molecule has 0 heterocycles. The minimum absolute atomic E-state index is 0.0348. The Morgan fingerprint density at radius 1 is 0.872 bits per heavy atom. The maximum absolute atomic E-state index is 14.6. The standard InChI is InChI=1S/C36H40FN3O6S/c1-5-21-38-36(42)33(22-27-9-7-6-8-10-27)39(24-28-13-15-29(37)16-14-28)35(41)25-40(32-23-30(45-3)17-20-34(32)46-4)47(43,44)31-18-11-26(2)12-19-31/h6-20,23,33H,5,21-22,24-25H2,1-4H3,(H,38,42)/t33-/m1/s1. The predicted octanol–water partition coefficient (Wildman–Crippen LogP) is 5.51. The highest BCUT2D eigenvalue weighted by Gasteiger charge is 2.35. The largest absolute Gasteiger partial charge is 0.497 e. The van der Waals surface area contributed by atoms with Crippen LogP contribution in [0.5, 0.6) is 11.5 Å². The van der Waals surface area contributed by atoms with Gasteiger partial charge in [-0.05, 0) is 60.9 Å². The van der Waals surface area contributed by atoms with Gasteiger partial charge in [0.25, 0.3) is 10.0 Å². The molecule has 1 atom stereocenters. The molecule has 0 spiro atoms. The van der Waals surface area contributed by atoms with E-state index in [2.05, 4.69) is 5.32 Å². The molecule has 0 radical (unpaired) electrons. The molecule has 0 saturated heterocycles. The lowest BCUT2D eigenvalue weighted by molar-refractivity contribution is -0.140. The van der Waals surface area contributed by atoms with Crippen LogP contribution >= 0.6 is 0 Å². The van der Waals surface area contributed by atoms with Crippen molar-refractivity contribution in [3.63, 3.8) is 0 Å². The zero-order chi connectivity index (χ0) is 34.0. The molecule has 0 fully saturated rings. The van der Waals surface area contributed by atoms with Crippen molar-refractivity contribution in [2.45, 2.75) is 44.2 Å². The number of anilines is 1. The van der Waals surface area contributed by atoms with Crippen LogP contribution < -0.4 is 19.1 Å². The highest BCUT2D eigenvalue weighted by atomic mass is 32.2. The molecule has 11 heteroatoms. The molecule has 0 bridgehead atoms. The fourth-order valence-corrected chi connectivity index (χ4v) is 6.47. The van der Waals surface area contributed by atoms with Crippen molar-refractivity contribution in [1.82, 2.24) is 10.2 Å². The second-order valence-electron chi connectivity index (χ2n) is 11.0. The number of methoxy groups -OCH3 is 2. The Bertz CT molecular complexity index is 1750. The third kappa shape index (κ3) is 8.88. The molecule has 2 amide bonds. The van der Waals surface area contributed by atoms with Gasteiger partial charge < -0.3 is 19.7 Å². The number of rotatable bonds is 15. The van der Waals surface area contributed by atoms with Crippen LogP contribution in [-0.4, -0.2) is 58.5 Å². The summed E-state index contributed by atoms with van der Waals surface area (Å²) in [5.41, 5.74) is 2.31. The summed E-state index contributed by atoms with van der Waals surface area (Å²) in [6, 6.07) is 24.8. The van der Waals surface area contributed by atoms with Crippen molar-refractivity contribution in [3.8, 4) is 11.5 Å². The Hall–Kier alpha value is -4.90. The summed E-state index contributed by atoms with van der Waals surface area (Å²) in [6.45, 7) is 3.39. The van der Waals surface area contributed by atoms with Crippen LogP contribution in [-0.2, 0) is 32.6 Å². The van der Waals surface area contributed by atoms with Crippen LogP contribution in [0.1, 0.15) is 30.0 Å². The number of nitrogens with one attached hydrogen (secondary N) is 1. The molecule has 1 N–H and O–H groups in total. The first kappa shape index (κ1) is 35.0. The molecule has 0 aliphatic heterocycles. The Morgan fingerprint density at radius 3 is 2.17 bits per heavy atom. The van der Waals surface area contributed by atoms with E-state index in [9.17, 15) is 22.4 Å². The van der Waals surface area contributed by atoms with Crippen molar-refractivity contribution in [2.75, 3.05) is 31.6 Å². The topological polar surface area (TPSA) is 105 Å². The SMILES string of the molecule is CCCNC(=O)[C@@H](Cc1ccccc1)N(Cc1ccc(F)cc1)C(=O)CN(c1cc(OC)ccc1OC)S(=O)(=O)c1ccc(C)cc1. The molecule has 4 aromatic carbocycles. The molecule has 4 rings (SSSR count). The molecule has 0 unspecified atom stereocenters. The molecule has 4 aromatic rings.